The van der Waals surface area contributed by atoms with Gasteiger partial charge in [-0.2, -0.15) is 13.2 Å². The van der Waals surface area contributed by atoms with E-state index in [-0.39, 0.29) is 5.56 Å². The van der Waals surface area contributed by atoms with Crippen LogP contribution in [0.1, 0.15) is 17.5 Å². The van der Waals surface area contributed by atoms with Gasteiger partial charge in [0.1, 0.15) is 0 Å². The highest BCUT2D eigenvalue weighted by Gasteiger charge is 2.32. The lowest BCUT2D eigenvalue weighted by molar-refractivity contribution is -0.138. The normalized spacial score (nSPS) is 11.7. The van der Waals surface area contributed by atoms with Crippen molar-refractivity contribution in [1.82, 2.24) is 4.98 Å². The molecule has 5 heteroatoms. The van der Waals surface area contributed by atoms with Crippen molar-refractivity contribution in [3.05, 3.63) is 29.6 Å². The largest absolute Gasteiger partial charge is 0.416 e. The molecule has 1 nitrogen and oxygen atoms in total. The number of pyridine rings is 1. The average Bonchev–Trinajstić information content (AvgIpc) is 2.14. The monoisotopic (exact) mass is 223 g/mol. The Balaban J connectivity index is 2.92. The number of halogens is 4. The summed E-state index contributed by atoms with van der Waals surface area (Å²) in [6, 6.07) is 0.990. The highest BCUT2D eigenvalue weighted by atomic mass is 35.5. The first-order chi connectivity index (χ1) is 6.55. The highest BCUT2D eigenvalue weighted by Crippen LogP contribution is 2.31. The van der Waals surface area contributed by atoms with Gasteiger partial charge in [0, 0.05) is 18.3 Å². The van der Waals surface area contributed by atoms with Crippen LogP contribution in [0.4, 0.5) is 13.2 Å². The summed E-state index contributed by atoms with van der Waals surface area (Å²) in [7, 11) is 0. The Morgan fingerprint density at radius 2 is 2.07 bits per heavy atom. The standard InChI is InChI=1S/C9H9ClF3N/c10-4-1-2-7-6-14-5-3-8(7)9(11,12)13/h3,5-6H,1-2,4H2. The van der Waals surface area contributed by atoms with Crippen molar-refractivity contribution in [2.75, 3.05) is 5.88 Å². The maximum absolute atomic E-state index is 12.4. The molecule has 0 aromatic carbocycles. The van der Waals surface area contributed by atoms with E-state index in [1.807, 2.05) is 0 Å². The second kappa shape index (κ2) is 4.64. The van der Waals surface area contributed by atoms with E-state index < -0.39 is 11.7 Å². The van der Waals surface area contributed by atoms with E-state index >= 15 is 0 Å². The topological polar surface area (TPSA) is 12.9 Å². The molecule has 0 aliphatic heterocycles. The Bertz CT molecular complexity index is 298. The second-order valence-electron chi connectivity index (χ2n) is 2.82. The summed E-state index contributed by atoms with van der Waals surface area (Å²) in [4.78, 5) is 3.67. The van der Waals surface area contributed by atoms with Gasteiger partial charge in [-0.1, -0.05) is 0 Å². The van der Waals surface area contributed by atoms with Gasteiger partial charge in [0.05, 0.1) is 5.56 Å². The predicted octanol–water partition coefficient (Wildman–Crippen LogP) is 3.27. The molecule has 0 aliphatic rings. The minimum Gasteiger partial charge on any atom is -0.264 e. The van der Waals surface area contributed by atoms with Gasteiger partial charge in [0.25, 0.3) is 0 Å². The number of alkyl halides is 4. The first-order valence-electron chi connectivity index (χ1n) is 4.11. The highest BCUT2D eigenvalue weighted by molar-refractivity contribution is 6.17. The fraction of sp³-hybridized carbons (Fsp3) is 0.444. The third-order valence-corrected chi connectivity index (χ3v) is 2.06. The number of hydrogen-bond donors (Lipinski definition) is 0. The lowest BCUT2D eigenvalue weighted by Crippen LogP contribution is -2.09. The van der Waals surface area contributed by atoms with Crippen molar-refractivity contribution in [1.29, 1.82) is 0 Å². The van der Waals surface area contributed by atoms with Crippen LogP contribution in [-0.4, -0.2) is 10.9 Å². The number of aryl methyl sites for hydroxylation is 1. The summed E-state index contributed by atoms with van der Waals surface area (Å²) in [6.45, 7) is 0. The molecule has 1 aromatic heterocycles. The van der Waals surface area contributed by atoms with Gasteiger partial charge in [-0.3, -0.25) is 4.98 Å². The molecule has 14 heavy (non-hydrogen) atoms. The number of hydrogen-bond acceptors (Lipinski definition) is 1. The summed E-state index contributed by atoms with van der Waals surface area (Å²) in [6.07, 6.45) is -1.07. The van der Waals surface area contributed by atoms with Crippen LogP contribution in [0.5, 0.6) is 0 Å². The SMILES string of the molecule is FC(F)(F)c1ccncc1CCCCl. The van der Waals surface area contributed by atoms with Crippen molar-refractivity contribution in [2.24, 2.45) is 0 Å². The lowest BCUT2D eigenvalue weighted by atomic mass is 10.1. The minimum atomic E-state index is -4.30. The van der Waals surface area contributed by atoms with Gasteiger partial charge in [0.2, 0.25) is 0 Å². The van der Waals surface area contributed by atoms with Gasteiger partial charge in [-0.25, -0.2) is 0 Å². The zero-order chi connectivity index (χ0) is 10.6. The second-order valence-corrected chi connectivity index (χ2v) is 3.20. The quantitative estimate of drug-likeness (QED) is 0.717. The fourth-order valence-corrected chi connectivity index (χ4v) is 1.29. The molecule has 1 rings (SSSR count). The molecule has 0 aliphatic carbocycles. The van der Waals surface area contributed by atoms with Gasteiger partial charge < -0.3 is 0 Å². The Labute approximate surface area is 84.9 Å². The van der Waals surface area contributed by atoms with Gasteiger partial charge in [-0.05, 0) is 24.5 Å². The van der Waals surface area contributed by atoms with Gasteiger partial charge in [0.15, 0.2) is 0 Å². The molecule has 0 saturated heterocycles. The molecule has 0 unspecified atom stereocenters. The van der Waals surface area contributed by atoms with E-state index in [0.29, 0.717) is 18.7 Å². The van der Waals surface area contributed by atoms with E-state index in [9.17, 15) is 13.2 Å². The van der Waals surface area contributed by atoms with E-state index in [0.717, 1.165) is 12.3 Å². The van der Waals surface area contributed by atoms with Crippen molar-refractivity contribution in [3.8, 4) is 0 Å². The molecule has 78 valence electrons. The maximum Gasteiger partial charge on any atom is 0.416 e. The van der Waals surface area contributed by atoms with E-state index in [1.165, 1.54) is 6.20 Å². The minimum absolute atomic E-state index is 0.209. The molecular formula is C9H9ClF3N. The Kier molecular flexibility index (Phi) is 3.75. The zero-order valence-electron chi connectivity index (χ0n) is 7.31. The van der Waals surface area contributed by atoms with E-state index in [2.05, 4.69) is 4.98 Å². The third kappa shape index (κ3) is 2.87. The smallest absolute Gasteiger partial charge is 0.264 e. The van der Waals surface area contributed by atoms with Crippen LogP contribution in [0.2, 0.25) is 0 Å². The van der Waals surface area contributed by atoms with Crippen LogP contribution in [-0.2, 0) is 12.6 Å². The van der Waals surface area contributed by atoms with Crippen molar-refractivity contribution < 1.29 is 13.2 Å². The van der Waals surface area contributed by atoms with Crippen molar-refractivity contribution in [2.45, 2.75) is 19.0 Å². The van der Waals surface area contributed by atoms with Crippen LogP contribution >= 0.6 is 11.6 Å². The summed E-state index contributed by atoms with van der Waals surface area (Å²) in [5.41, 5.74) is -0.404. The Hall–Kier alpha value is -0.770. The van der Waals surface area contributed by atoms with Gasteiger partial charge >= 0.3 is 6.18 Å². The molecule has 0 radical (unpaired) electrons. The lowest BCUT2D eigenvalue weighted by Gasteiger charge is -2.11. The summed E-state index contributed by atoms with van der Waals surface area (Å²) < 4.78 is 37.2. The van der Waals surface area contributed by atoms with Crippen LogP contribution in [0.25, 0.3) is 0 Å². The molecule has 0 N–H and O–H groups in total. The number of nitrogens with zero attached hydrogens (tertiary/aromatic N) is 1. The van der Waals surface area contributed by atoms with Crippen LogP contribution in [0, 0.1) is 0 Å². The van der Waals surface area contributed by atoms with Crippen molar-refractivity contribution in [3.63, 3.8) is 0 Å². The van der Waals surface area contributed by atoms with Crippen LogP contribution in [0.3, 0.4) is 0 Å². The Morgan fingerprint density at radius 1 is 1.36 bits per heavy atom. The molecule has 0 saturated carbocycles. The zero-order valence-corrected chi connectivity index (χ0v) is 8.07. The Morgan fingerprint density at radius 3 is 2.64 bits per heavy atom. The number of aromatic nitrogens is 1. The van der Waals surface area contributed by atoms with Crippen molar-refractivity contribution >= 4 is 11.6 Å². The molecule has 0 fully saturated rings. The summed E-state index contributed by atoms with van der Waals surface area (Å²) in [5.74, 6) is 0.353. The molecule has 0 atom stereocenters. The van der Waals surface area contributed by atoms with E-state index in [4.69, 9.17) is 11.6 Å². The fourth-order valence-electron chi connectivity index (χ4n) is 1.16. The average molecular weight is 224 g/mol. The number of rotatable bonds is 3. The summed E-state index contributed by atoms with van der Waals surface area (Å²) >= 11 is 5.42. The predicted molar refractivity (Wildman–Crippen MR) is 48.3 cm³/mol. The molecule has 1 aromatic rings. The first kappa shape index (κ1) is 11.3. The molecule has 0 spiro atoms. The summed E-state index contributed by atoms with van der Waals surface area (Å²) in [5, 5.41) is 0. The third-order valence-electron chi connectivity index (χ3n) is 1.79. The van der Waals surface area contributed by atoms with Crippen LogP contribution < -0.4 is 0 Å². The maximum atomic E-state index is 12.4. The van der Waals surface area contributed by atoms with Crippen LogP contribution in [0.15, 0.2) is 18.5 Å². The van der Waals surface area contributed by atoms with E-state index in [1.54, 1.807) is 0 Å². The first-order valence-corrected chi connectivity index (χ1v) is 4.65. The molecule has 0 bridgehead atoms. The molecule has 0 amide bonds. The molecule has 1 heterocycles. The molecular weight excluding hydrogens is 215 g/mol. The van der Waals surface area contributed by atoms with Gasteiger partial charge in [-0.15, -0.1) is 11.6 Å².